The standard InChI is InChI=1S/C19H21N7O3/c1-13-23-17(12-18(24-13)26-8-2-5-22-26)20-6-7-21-19(27)25-14-3-4-15-16(11-14)29-10-9-28-15/h2-5,8,11-12H,6-7,9-10H2,1H3,(H,20,23,24)(H2,21,25,27). The summed E-state index contributed by atoms with van der Waals surface area (Å²) in [7, 11) is 0. The van der Waals surface area contributed by atoms with Gasteiger partial charge in [0.05, 0.1) is 0 Å². The lowest BCUT2D eigenvalue weighted by atomic mass is 10.2. The SMILES string of the molecule is Cc1nc(NCCNC(=O)Nc2ccc3c(c2)OCCO3)cc(-n2cccn2)n1. The van der Waals surface area contributed by atoms with Crippen molar-refractivity contribution in [2.24, 2.45) is 0 Å². The van der Waals surface area contributed by atoms with Gasteiger partial charge in [-0.15, -0.1) is 0 Å². The van der Waals surface area contributed by atoms with Crippen molar-refractivity contribution in [3.05, 3.63) is 48.5 Å². The Bertz CT molecular complexity index is 991. The third kappa shape index (κ3) is 4.72. The minimum absolute atomic E-state index is 0.306. The zero-order valence-corrected chi connectivity index (χ0v) is 15.9. The van der Waals surface area contributed by atoms with Gasteiger partial charge < -0.3 is 25.4 Å². The molecule has 150 valence electrons. The molecule has 0 radical (unpaired) electrons. The van der Waals surface area contributed by atoms with E-state index in [2.05, 4.69) is 31.0 Å². The summed E-state index contributed by atoms with van der Waals surface area (Å²) in [5.41, 5.74) is 0.634. The highest BCUT2D eigenvalue weighted by Crippen LogP contribution is 2.32. The van der Waals surface area contributed by atoms with Crippen molar-refractivity contribution in [3.63, 3.8) is 0 Å². The molecule has 3 heterocycles. The van der Waals surface area contributed by atoms with Gasteiger partial charge in [0.25, 0.3) is 0 Å². The number of aryl methyl sites for hydroxylation is 1. The average molecular weight is 395 g/mol. The summed E-state index contributed by atoms with van der Waals surface area (Å²) < 4.78 is 12.6. The Morgan fingerprint density at radius 3 is 2.83 bits per heavy atom. The molecule has 0 aliphatic carbocycles. The lowest BCUT2D eigenvalue weighted by molar-refractivity contribution is 0.171. The molecular formula is C19H21N7O3. The molecule has 29 heavy (non-hydrogen) atoms. The van der Waals surface area contributed by atoms with Crippen molar-refractivity contribution >= 4 is 17.5 Å². The Labute approximate surface area is 167 Å². The number of aromatic nitrogens is 4. The summed E-state index contributed by atoms with van der Waals surface area (Å²) in [6, 6.07) is 8.61. The lowest BCUT2D eigenvalue weighted by Gasteiger charge is -2.19. The lowest BCUT2D eigenvalue weighted by Crippen LogP contribution is -2.32. The predicted octanol–water partition coefficient (Wildman–Crippen LogP) is 1.98. The van der Waals surface area contributed by atoms with Gasteiger partial charge >= 0.3 is 6.03 Å². The van der Waals surface area contributed by atoms with E-state index in [1.165, 1.54) is 0 Å². The van der Waals surface area contributed by atoms with Gasteiger partial charge in [0.15, 0.2) is 17.3 Å². The summed E-state index contributed by atoms with van der Waals surface area (Å²) in [6.45, 7) is 3.76. The molecule has 1 aliphatic heterocycles. The van der Waals surface area contributed by atoms with E-state index in [1.54, 1.807) is 35.1 Å². The summed E-state index contributed by atoms with van der Waals surface area (Å²) in [5, 5.41) is 12.9. The Balaban J connectivity index is 1.26. The van der Waals surface area contributed by atoms with Crippen LogP contribution in [0.1, 0.15) is 5.82 Å². The fourth-order valence-corrected chi connectivity index (χ4v) is 2.83. The van der Waals surface area contributed by atoms with E-state index in [4.69, 9.17) is 9.47 Å². The summed E-state index contributed by atoms with van der Waals surface area (Å²) in [6.07, 6.45) is 3.50. The molecule has 0 saturated carbocycles. The second-order valence-corrected chi connectivity index (χ2v) is 6.28. The molecular weight excluding hydrogens is 374 g/mol. The van der Waals surface area contributed by atoms with Gasteiger partial charge in [-0.05, 0) is 25.1 Å². The molecule has 1 aliphatic rings. The van der Waals surface area contributed by atoms with Crippen LogP contribution in [0.25, 0.3) is 5.82 Å². The van der Waals surface area contributed by atoms with Crippen molar-refractivity contribution in [1.82, 2.24) is 25.1 Å². The quantitative estimate of drug-likeness (QED) is 0.547. The Morgan fingerprint density at radius 1 is 1.14 bits per heavy atom. The number of fused-ring (bicyclic) bond motifs is 1. The first-order valence-electron chi connectivity index (χ1n) is 9.21. The summed E-state index contributed by atoms with van der Waals surface area (Å²) >= 11 is 0. The Hall–Kier alpha value is -3.82. The maximum absolute atomic E-state index is 12.1. The molecule has 3 aromatic rings. The van der Waals surface area contributed by atoms with Crippen molar-refractivity contribution in [2.75, 3.05) is 36.9 Å². The van der Waals surface area contributed by atoms with Gasteiger partial charge in [-0.3, -0.25) is 0 Å². The molecule has 0 fully saturated rings. The number of carbonyl (C=O) groups is 1. The highest BCUT2D eigenvalue weighted by molar-refractivity contribution is 5.89. The van der Waals surface area contributed by atoms with Crippen LogP contribution in [-0.2, 0) is 0 Å². The molecule has 0 spiro atoms. The monoisotopic (exact) mass is 395 g/mol. The first-order valence-corrected chi connectivity index (χ1v) is 9.21. The summed E-state index contributed by atoms with van der Waals surface area (Å²) in [5.74, 6) is 3.28. The number of carbonyl (C=O) groups excluding carboxylic acids is 1. The minimum atomic E-state index is -0.306. The van der Waals surface area contributed by atoms with E-state index in [1.807, 2.05) is 19.2 Å². The molecule has 0 atom stereocenters. The molecule has 1 aromatic carbocycles. The molecule has 0 saturated heterocycles. The third-order valence-corrected chi connectivity index (χ3v) is 4.08. The molecule has 0 bridgehead atoms. The zero-order valence-electron chi connectivity index (χ0n) is 15.9. The van der Waals surface area contributed by atoms with Gasteiger partial charge in [-0.1, -0.05) is 0 Å². The topological polar surface area (TPSA) is 115 Å². The fourth-order valence-electron chi connectivity index (χ4n) is 2.83. The van der Waals surface area contributed by atoms with Crippen molar-refractivity contribution in [3.8, 4) is 17.3 Å². The molecule has 2 aromatic heterocycles. The molecule has 0 unspecified atom stereocenters. The van der Waals surface area contributed by atoms with Crippen LogP contribution in [0, 0.1) is 6.92 Å². The van der Waals surface area contributed by atoms with Crippen LogP contribution in [0.5, 0.6) is 11.5 Å². The normalized spacial score (nSPS) is 12.3. The number of nitrogens with zero attached hydrogens (tertiary/aromatic N) is 4. The number of amides is 2. The Kier molecular flexibility index (Phi) is 5.41. The number of hydrogen-bond donors (Lipinski definition) is 3. The van der Waals surface area contributed by atoms with E-state index < -0.39 is 0 Å². The van der Waals surface area contributed by atoms with Gasteiger partial charge in [0.1, 0.15) is 24.9 Å². The predicted molar refractivity (Wildman–Crippen MR) is 107 cm³/mol. The zero-order chi connectivity index (χ0) is 20.1. The largest absolute Gasteiger partial charge is 0.486 e. The molecule has 2 amide bonds. The number of rotatable bonds is 6. The van der Waals surface area contributed by atoms with E-state index in [-0.39, 0.29) is 6.03 Å². The molecule has 4 rings (SSSR count). The van der Waals surface area contributed by atoms with E-state index >= 15 is 0 Å². The van der Waals surface area contributed by atoms with Crippen molar-refractivity contribution in [2.45, 2.75) is 6.92 Å². The van der Waals surface area contributed by atoms with Crippen LogP contribution in [0.3, 0.4) is 0 Å². The maximum Gasteiger partial charge on any atom is 0.319 e. The van der Waals surface area contributed by atoms with Gasteiger partial charge in [0.2, 0.25) is 0 Å². The van der Waals surface area contributed by atoms with Gasteiger partial charge in [-0.25, -0.2) is 19.4 Å². The highest BCUT2D eigenvalue weighted by Gasteiger charge is 2.12. The van der Waals surface area contributed by atoms with E-state index in [0.29, 0.717) is 60.9 Å². The second-order valence-electron chi connectivity index (χ2n) is 6.28. The maximum atomic E-state index is 12.1. The highest BCUT2D eigenvalue weighted by atomic mass is 16.6. The van der Waals surface area contributed by atoms with Crippen LogP contribution >= 0.6 is 0 Å². The first kappa shape index (κ1) is 18.5. The van der Waals surface area contributed by atoms with Crippen LogP contribution in [0.4, 0.5) is 16.3 Å². The molecule has 3 N–H and O–H groups in total. The van der Waals surface area contributed by atoms with Gasteiger partial charge in [-0.2, -0.15) is 5.10 Å². The van der Waals surface area contributed by atoms with Crippen LogP contribution < -0.4 is 25.4 Å². The van der Waals surface area contributed by atoms with Crippen molar-refractivity contribution in [1.29, 1.82) is 0 Å². The minimum Gasteiger partial charge on any atom is -0.486 e. The summed E-state index contributed by atoms with van der Waals surface area (Å²) in [4.78, 5) is 20.8. The number of anilines is 2. The van der Waals surface area contributed by atoms with Gasteiger partial charge in [0, 0.05) is 43.3 Å². The smallest absolute Gasteiger partial charge is 0.319 e. The van der Waals surface area contributed by atoms with Crippen LogP contribution in [0.2, 0.25) is 0 Å². The average Bonchev–Trinajstić information content (AvgIpc) is 3.26. The van der Waals surface area contributed by atoms with E-state index in [9.17, 15) is 4.79 Å². The number of ether oxygens (including phenoxy) is 2. The molecule has 10 heteroatoms. The van der Waals surface area contributed by atoms with Crippen molar-refractivity contribution < 1.29 is 14.3 Å². The van der Waals surface area contributed by atoms with Crippen LogP contribution in [0.15, 0.2) is 42.7 Å². The number of nitrogens with one attached hydrogen (secondary N) is 3. The first-order chi connectivity index (χ1) is 14.2. The third-order valence-electron chi connectivity index (χ3n) is 4.08. The number of urea groups is 1. The second kappa shape index (κ2) is 8.46. The molecule has 10 nitrogen and oxygen atoms in total. The van der Waals surface area contributed by atoms with E-state index in [0.717, 1.165) is 0 Å². The fraction of sp³-hybridized carbons (Fsp3) is 0.263. The number of benzene rings is 1. The van der Waals surface area contributed by atoms with Crippen LogP contribution in [-0.4, -0.2) is 52.1 Å². The Morgan fingerprint density at radius 2 is 2.00 bits per heavy atom. The number of hydrogen-bond acceptors (Lipinski definition) is 7.